The van der Waals surface area contributed by atoms with Crippen LogP contribution < -0.4 is 15.5 Å². The lowest BCUT2D eigenvalue weighted by atomic mass is 10.1. The van der Waals surface area contributed by atoms with Gasteiger partial charge in [-0.25, -0.2) is 4.79 Å². The first-order valence-electron chi connectivity index (χ1n) is 9.34. The Balaban J connectivity index is 1.64. The van der Waals surface area contributed by atoms with Gasteiger partial charge in [0.05, 0.1) is 11.4 Å². The molecular formula is C21H25N3O3. The van der Waals surface area contributed by atoms with Crippen molar-refractivity contribution in [3.63, 3.8) is 0 Å². The van der Waals surface area contributed by atoms with Crippen LogP contribution >= 0.6 is 0 Å². The van der Waals surface area contributed by atoms with Gasteiger partial charge in [-0.2, -0.15) is 0 Å². The molecule has 2 aromatic rings. The van der Waals surface area contributed by atoms with E-state index in [1.165, 1.54) is 19.3 Å². The third-order valence-corrected chi connectivity index (χ3v) is 4.66. The van der Waals surface area contributed by atoms with Gasteiger partial charge in [-0.15, -0.1) is 0 Å². The fourth-order valence-electron chi connectivity index (χ4n) is 3.33. The lowest BCUT2D eigenvalue weighted by Gasteiger charge is -2.30. The highest BCUT2D eigenvalue weighted by atomic mass is 16.4. The molecule has 1 saturated heterocycles. The Morgan fingerprint density at radius 2 is 1.74 bits per heavy atom. The molecule has 0 atom stereocenters. The van der Waals surface area contributed by atoms with Gasteiger partial charge in [0.2, 0.25) is 0 Å². The minimum atomic E-state index is -0.833. The number of carbonyl (C=O) groups excluding carboxylic acids is 1. The summed E-state index contributed by atoms with van der Waals surface area (Å²) in [4.78, 5) is 25.5. The number of hydrogen-bond acceptors (Lipinski definition) is 3. The molecule has 0 radical (unpaired) electrons. The van der Waals surface area contributed by atoms with E-state index < -0.39 is 5.97 Å². The number of aliphatic carboxylic acids is 1. The first kappa shape index (κ1) is 18.8. The van der Waals surface area contributed by atoms with Crippen LogP contribution in [0.15, 0.2) is 48.5 Å². The summed E-state index contributed by atoms with van der Waals surface area (Å²) in [6.45, 7) is 2.01. The third kappa shape index (κ3) is 5.48. The summed E-state index contributed by atoms with van der Waals surface area (Å²) < 4.78 is 0. The van der Waals surface area contributed by atoms with Gasteiger partial charge in [-0.3, -0.25) is 4.79 Å². The molecule has 0 unspecified atom stereocenters. The molecule has 0 aromatic heterocycles. The van der Waals surface area contributed by atoms with E-state index in [2.05, 4.69) is 15.5 Å². The maximum Gasteiger partial charge on any atom is 0.323 e. The summed E-state index contributed by atoms with van der Waals surface area (Å²) in [6, 6.07) is 14.8. The fraction of sp³-hybridized carbons (Fsp3) is 0.333. The number of para-hydroxylation sites is 2. The number of amides is 2. The molecule has 0 aliphatic carbocycles. The quantitative estimate of drug-likeness (QED) is 0.709. The Labute approximate surface area is 159 Å². The second-order valence-corrected chi connectivity index (χ2v) is 6.74. The highest BCUT2D eigenvalue weighted by Gasteiger charge is 2.15. The number of urea groups is 1. The number of aryl methyl sites for hydroxylation is 1. The van der Waals surface area contributed by atoms with E-state index in [1.54, 1.807) is 12.1 Å². The third-order valence-electron chi connectivity index (χ3n) is 4.66. The largest absolute Gasteiger partial charge is 0.481 e. The molecule has 6 heteroatoms. The number of anilines is 3. The van der Waals surface area contributed by atoms with Crippen LogP contribution in [0.3, 0.4) is 0 Å². The number of carboxylic acid groups (broad SMARTS) is 1. The van der Waals surface area contributed by atoms with E-state index >= 15 is 0 Å². The van der Waals surface area contributed by atoms with Crippen molar-refractivity contribution in [2.75, 3.05) is 28.6 Å². The molecule has 0 saturated carbocycles. The van der Waals surface area contributed by atoms with Crippen molar-refractivity contribution < 1.29 is 14.7 Å². The minimum Gasteiger partial charge on any atom is -0.481 e. The summed E-state index contributed by atoms with van der Waals surface area (Å²) >= 11 is 0. The van der Waals surface area contributed by atoms with Gasteiger partial charge in [0.25, 0.3) is 0 Å². The summed E-state index contributed by atoms with van der Waals surface area (Å²) in [5.41, 5.74) is 3.36. The molecular weight excluding hydrogens is 342 g/mol. The highest BCUT2D eigenvalue weighted by Crippen LogP contribution is 2.28. The number of piperidine rings is 1. The Hall–Kier alpha value is -3.02. The molecule has 1 aliphatic heterocycles. The predicted octanol–water partition coefficient (Wildman–Crippen LogP) is 4.34. The Kier molecular flexibility index (Phi) is 6.30. The SMILES string of the molecule is O=C(O)CCc1cccc(NC(=O)Nc2ccccc2N2CCCCC2)c1. The van der Waals surface area contributed by atoms with E-state index in [0.717, 1.165) is 30.0 Å². The van der Waals surface area contributed by atoms with Crippen molar-refractivity contribution in [1.82, 2.24) is 0 Å². The number of nitrogens with zero attached hydrogens (tertiary/aromatic N) is 1. The number of carboxylic acids is 1. The molecule has 2 aromatic carbocycles. The van der Waals surface area contributed by atoms with Crippen molar-refractivity contribution in [2.45, 2.75) is 32.1 Å². The molecule has 1 fully saturated rings. The average molecular weight is 367 g/mol. The number of carbonyl (C=O) groups is 2. The maximum absolute atomic E-state index is 12.5. The summed E-state index contributed by atoms with van der Waals surface area (Å²) in [6.07, 6.45) is 4.10. The van der Waals surface area contributed by atoms with Crippen LogP contribution in [0.25, 0.3) is 0 Å². The summed E-state index contributed by atoms with van der Waals surface area (Å²) in [7, 11) is 0. The van der Waals surface area contributed by atoms with E-state index in [-0.39, 0.29) is 12.5 Å². The van der Waals surface area contributed by atoms with Gasteiger partial charge in [0.1, 0.15) is 0 Å². The summed E-state index contributed by atoms with van der Waals surface area (Å²) in [5, 5.41) is 14.6. The smallest absolute Gasteiger partial charge is 0.323 e. The van der Waals surface area contributed by atoms with Crippen molar-refractivity contribution in [1.29, 1.82) is 0 Å². The second kappa shape index (κ2) is 9.07. The maximum atomic E-state index is 12.5. The van der Waals surface area contributed by atoms with E-state index in [0.29, 0.717) is 12.1 Å². The minimum absolute atomic E-state index is 0.0683. The molecule has 27 heavy (non-hydrogen) atoms. The number of benzene rings is 2. The number of nitrogens with one attached hydrogen (secondary N) is 2. The van der Waals surface area contributed by atoms with Crippen LogP contribution in [0, 0.1) is 0 Å². The monoisotopic (exact) mass is 367 g/mol. The first-order valence-corrected chi connectivity index (χ1v) is 9.34. The van der Waals surface area contributed by atoms with E-state index in [9.17, 15) is 9.59 Å². The molecule has 3 N–H and O–H groups in total. The number of hydrogen-bond donors (Lipinski definition) is 3. The molecule has 3 rings (SSSR count). The standard InChI is InChI=1S/C21H25N3O3/c25-20(26)12-11-16-7-6-8-17(15-16)22-21(27)23-18-9-2-3-10-19(18)24-13-4-1-5-14-24/h2-3,6-10,15H,1,4-5,11-14H2,(H,25,26)(H2,22,23,27). The summed E-state index contributed by atoms with van der Waals surface area (Å²) in [5.74, 6) is -0.833. The zero-order valence-electron chi connectivity index (χ0n) is 15.3. The Morgan fingerprint density at radius 1 is 0.963 bits per heavy atom. The molecule has 0 bridgehead atoms. The van der Waals surface area contributed by atoms with Crippen molar-refractivity contribution in [2.24, 2.45) is 0 Å². The lowest BCUT2D eigenvalue weighted by molar-refractivity contribution is -0.136. The van der Waals surface area contributed by atoms with Gasteiger partial charge in [0, 0.05) is 25.2 Å². The van der Waals surface area contributed by atoms with E-state index in [1.807, 2.05) is 36.4 Å². The predicted molar refractivity (Wildman–Crippen MR) is 108 cm³/mol. The fourth-order valence-corrected chi connectivity index (χ4v) is 3.33. The van der Waals surface area contributed by atoms with Crippen molar-refractivity contribution >= 4 is 29.1 Å². The second-order valence-electron chi connectivity index (χ2n) is 6.74. The van der Waals surface area contributed by atoms with E-state index in [4.69, 9.17) is 5.11 Å². The molecule has 6 nitrogen and oxygen atoms in total. The van der Waals surface area contributed by atoms with Crippen LogP contribution in [0.1, 0.15) is 31.2 Å². The Bertz CT molecular complexity index is 801. The van der Waals surface area contributed by atoms with Crippen LogP contribution in [-0.4, -0.2) is 30.2 Å². The zero-order valence-corrected chi connectivity index (χ0v) is 15.3. The van der Waals surface area contributed by atoms with Gasteiger partial charge >= 0.3 is 12.0 Å². The zero-order chi connectivity index (χ0) is 19.1. The van der Waals surface area contributed by atoms with Gasteiger partial charge in [-0.1, -0.05) is 24.3 Å². The van der Waals surface area contributed by atoms with Gasteiger partial charge in [-0.05, 0) is 55.5 Å². The first-order chi connectivity index (χ1) is 13.1. The molecule has 1 heterocycles. The van der Waals surface area contributed by atoms with Gasteiger partial charge in [0.15, 0.2) is 0 Å². The lowest BCUT2D eigenvalue weighted by Crippen LogP contribution is -2.30. The van der Waals surface area contributed by atoms with Crippen LogP contribution in [-0.2, 0) is 11.2 Å². The normalized spacial score (nSPS) is 13.9. The van der Waals surface area contributed by atoms with Crippen LogP contribution in [0.2, 0.25) is 0 Å². The highest BCUT2D eigenvalue weighted by molar-refractivity contribution is 6.01. The average Bonchev–Trinajstić information content (AvgIpc) is 2.68. The molecule has 2 amide bonds. The van der Waals surface area contributed by atoms with Crippen LogP contribution in [0.5, 0.6) is 0 Å². The van der Waals surface area contributed by atoms with Crippen LogP contribution in [0.4, 0.5) is 21.9 Å². The molecule has 1 aliphatic rings. The van der Waals surface area contributed by atoms with Crippen molar-refractivity contribution in [3.05, 3.63) is 54.1 Å². The molecule has 142 valence electrons. The Morgan fingerprint density at radius 3 is 2.52 bits per heavy atom. The van der Waals surface area contributed by atoms with Crippen molar-refractivity contribution in [3.8, 4) is 0 Å². The topological polar surface area (TPSA) is 81.7 Å². The molecule has 0 spiro atoms. The number of rotatable bonds is 6. The van der Waals surface area contributed by atoms with Gasteiger partial charge < -0.3 is 20.6 Å².